The van der Waals surface area contributed by atoms with Gasteiger partial charge in [-0.05, 0) is 52.1 Å². The van der Waals surface area contributed by atoms with E-state index < -0.39 is 18.1 Å². The number of carbonyl (C=O) groups is 2. The van der Waals surface area contributed by atoms with E-state index in [4.69, 9.17) is 4.74 Å². The van der Waals surface area contributed by atoms with Gasteiger partial charge in [0.2, 0.25) is 0 Å². The molecule has 0 unspecified atom stereocenters. The van der Waals surface area contributed by atoms with E-state index in [1.807, 2.05) is 48.5 Å². The number of aliphatic carboxylic acids is 1. The van der Waals surface area contributed by atoms with Crippen LogP contribution in [0.5, 0.6) is 0 Å². The molecule has 1 fully saturated rings. The van der Waals surface area contributed by atoms with E-state index in [2.05, 4.69) is 29.6 Å². The number of rotatable bonds is 7. The third-order valence-electron chi connectivity index (χ3n) is 6.40. The van der Waals surface area contributed by atoms with Crippen molar-refractivity contribution in [3.63, 3.8) is 0 Å². The molecule has 2 aliphatic carbocycles. The summed E-state index contributed by atoms with van der Waals surface area (Å²) in [5.41, 5.74) is 6.60. The minimum absolute atomic E-state index is 0.0372. The Morgan fingerprint density at radius 1 is 0.875 bits per heavy atom. The SMILES string of the molecule is O=C(O)C[C@@H](NC(=O)OCC1c2ccccc2-c2ccccc21)c1ccccc1C1CC1. The Morgan fingerprint density at radius 2 is 1.44 bits per heavy atom. The van der Waals surface area contributed by atoms with Gasteiger partial charge in [-0.1, -0.05) is 72.8 Å². The Hall–Kier alpha value is -3.60. The Labute approximate surface area is 187 Å². The van der Waals surface area contributed by atoms with Crippen LogP contribution in [0.1, 0.15) is 59.4 Å². The number of nitrogens with one attached hydrogen (secondary N) is 1. The molecule has 5 rings (SSSR count). The molecule has 2 N–H and O–H groups in total. The van der Waals surface area contributed by atoms with Crippen LogP contribution < -0.4 is 5.32 Å². The summed E-state index contributed by atoms with van der Waals surface area (Å²) in [4.78, 5) is 24.3. The summed E-state index contributed by atoms with van der Waals surface area (Å²) < 4.78 is 5.65. The van der Waals surface area contributed by atoms with Gasteiger partial charge in [0.1, 0.15) is 6.61 Å². The van der Waals surface area contributed by atoms with E-state index in [-0.39, 0.29) is 18.9 Å². The number of amides is 1. The van der Waals surface area contributed by atoms with Gasteiger partial charge >= 0.3 is 12.1 Å². The Kier molecular flexibility index (Phi) is 5.39. The monoisotopic (exact) mass is 427 g/mol. The average Bonchev–Trinajstić information content (AvgIpc) is 3.60. The zero-order valence-electron chi connectivity index (χ0n) is 17.7. The van der Waals surface area contributed by atoms with Crippen molar-refractivity contribution in [1.29, 1.82) is 0 Å². The summed E-state index contributed by atoms with van der Waals surface area (Å²) in [6.45, 7) is 0.198. The largest absolute Gasteiger partial charge is 0.481 e. The van der Waals surface area contributed by atoms with Crippen molar-refractivity contribution in [2.45, 2.75) is 37.1 Å². The molecule has 5 nitrogen and oxygen atoms in total. The number of carbonyl (C=O) groups excluding carboxylic acids is 1. The summed E-state index contributed by atoms with van der Waals surface area (Å²) in [7, 11) is 0. The molecular formula is C27H25NO4. The predicted molar refractivity (Wildman–Crippen MR) is 122 cm³/mol. The van der Waals surface area contributed by atoms with Crippen molar-refractivity contribution in [3.05, 3.63) is 95.1 Å². The minimum Gasteiger partial charge on any atom is -0.481 e. The number of hydrogen-bond donors (Lipinski definition) is 2. The molecule has 0 aromatic heterocycles. The molecule has 162 valence electrons. The lowest BCUT2D eigenvalue weighted by Crippen LogP contribution is -2.32. The first-order valence-corrected chi connectivity index (χ1v) is 11.0. The van der Waals surface area contributed by atoms with Crippen molar-refractivity contribution in [2.75, 3.05) is 6.61 Å². The van der Waals surface area contributed by atoms with Gasteiger partial charge in [0, 0.05) is 5.92 Å². The van der Waals surface area contributed by atoms with Crippen LogP contribution in [-0.4, -0.2) is 23.8 Å². The van der Waals surface area contributed by atoms with Gasteiger partial charge in [0.25, 0.3) is 0 Å². The van der Waals surface area contributed by atoms with E-state index >= 15 is 0 Å². The van der Waals surface area contributed by atoms with Crippen LogP contribution in [0.25, 0.3) is 11.1 Å². The van der Waals surface area contributed by atoms with Gasteiger partial charge in [-0.25, -0.2) is 4.79 Å². The van der Waals surface area contributed by atoms with E-state index in [0.717, 1.165) is 35.1 Å². The number of carboxylic acid groups (broad SMARTS) is 1. The lowest BCUT2D eigenvalue weighted by atomic mass is 9.95. The lowest BCUT2D eigenvalue weighted by molar-refractivity contribution is -0.137. The first-order chi connectivity index (χ1) is 15.6. The second kappa shape index (κ2) is 8.50. The molecule has 3 aromatic rings. The van der Waals surface area contributed by atoms with Crippen molar-refractivity contribution >= 4 is 12.1 Å². The van der Waals surface area contributed by atoms with Gasteiger partial charge in [0.05, 0.1) is 12.5 Å². The second-order valence-corrected chi connectivity index (χ2v) is 8.52. The summed E-state index contributed by atoms with van der Waals surface area (Å²) in [5, 5.41) is 12.2. The molecule has 0 bridgehead atoms. The van der Waals surface area contributed by atoms with Crippen LogP contribution in [0.2, 0.25) is 0 Å². The zero-order chi connectivity index (χ0) is 22.1. The molecule has 1 saturated carbocycles. The normalized spacial score (nSPS) is 15.5. The van der Waals surface area contributed by atoms with Gasteiger partial charge in [-0.2, -0.15) is 0 Å². The maximum absolute atomic E-state index is 12.8. The highest BCUT2D eigenvalue weighted by Gasteiger charge is 2.31. The summed E-state index contributed by atoms with van der Waals surface area (Å²) in [5.74, 6) is -0.545. The number of hydrogen-bond acceptors (Lipinski definition) is 3. The number of benzene rings is 3. The van der Waals surface area contributed by atoms with Crippen LogP contribution in [0.3, 0.4) is 0 Å². The fraction of sp³-hybridized carbons (Fsp3) is 0.259. The molecule has 0 saturated heterocycles. The van der Waals surface area contributed by atoms with E-state index in [9.17, 15) is 14.7 Å². The van der Waals surface area contributed by atoms with Crippen molar-refractivity contribution in [1.82, 2.24) is 5.32 Å². The van der Waals surface area contributed by atoms with E-state index in [1.165, 1.54) is 11.1 Å². The predicted octanol–water partition coefficient (Wildman–Crippen LogP) is 5.62. The first-order valence-electron chi connectivity index (χ1n) is 11.0. The van der Waals surface area contributed by atoms with Crippen molar-refractivity contribution in [2.24, 2.45) is 0 Å². The van der Waals surface area contributed by atoms with Crippen LogP contribution in [0.15, 0.2) is 72.8 Å². The number of carboxylic acids is 1. The highest BCUT2D eigenvalue weighted by molar-refractivity contribution is 5.79. The summed E-state index contributed by atoms with van der Waals surface area (Å²) >= 11 is 0. The Balaban J connectivity index is 1.32. The number of alkyl carbamates (subject to hydrolysis) is 1. The summed E-state index contributed by atoms with van der Waals surface area (Å²) in [6, 6.07) is 23.5. The topological polar surface area (TPSA) is 75.6 Å². The molecule has 32 heavy (non-hydrogen) atoms. The minimum atomic E-state index is -0.959. The van der Waals surface area contributed by atoms with E-state index in [1.54, 1.807) is 0 Å². The fourth-order valence-corrected chi connectivity index (χ4v) is 4.79. The first kappa shape index (κ1) is 20.3. The fourth-order valence-electron chi connectivity index (χ4n) is 4.79. The third kappa shape index (κ3) is 3.98. The molecule has 0 heterocycles. The van der Waals surface area contributed by atoms with Gasteiger partial charge in [0.15, 0.2) is 0 Å². The van der Waals surface area contributed by atoms with Crippen LogP contribution in [0, 0.1) is 0 Å². The zero-order valence-corrected chi connectivity index (χ0v) is 17.7. The maximum Gasteiger partial charge on any atom is 0.407 e. The molecule has 0 spiro atoms. The second-order valence-electron chi connectivity index (χ2n) is 8.52. The molecule has 0 aliphatic heterocycles. The molecular weight excluding hydrogens is 402 g/mol. The quantitative estimate of drug-likeness (QED) is 0.513. The maximum atomic E-state index is 12.8. The molecule has 3 aromatic carbocycles. The Bertz CT molecular complexity index is 1120. The number of ether oxygens (including phenoxy) is 1. The average molecular weight is 428 g/mol. The van der Waals surface area contributed by atoms with Gasteiger partial charge in [-0.15, -0.1) is 0 Å². The van der Waals surface area contributed by atoms with Crippen LogP contribution in [-0.2, 0) is 9.53 Å². The van der Waals surface area contributed by atoms with Gasteiger partial charge in [-0.3, -0.25) is 4.79 Å². The molecule has 1 atom stereocenters. The van der Waals surface area contributed by atoms with Crippen LogP contribution in [0.4, 0.5) is 4.79 Å². The van der Waals surface area contributed by atoms with E-state index in [0.29, 0.717) is 5.92 Å². The highest BCUT2D eigenvalue weighted by atomic mass is 16.5. The highest BCUT2D eigenvalue weighted by Crippen LogP contribution is 2.45. The van der Waals surface area contributed by atoms with Crippen LogP contribution >= 0.6 is 0 Å². The van der Waals surface area contributed by atoms with Crippen molar-refractivity contribution in [3.8, 4) is 11.1 Å². The molecule has 1 amide bonds. The standard InChI is InChI=1S/C27H25NO4/c29-26(30)15-25(23-12-6-1-7-18(23)17-13-14-17)28-27(31)32-16-24-21-10-4-2-8-19(21)20-9-3-5-11-22(20)24/h1-12,17,24-25H,13-16H2,(H,28,31)(H,29,30)/t25-/m1/s1. The van der Waals surface area contributed by atoms with Gasteiger partial charge < -0.3 is 15.2 Å². The number of fused-ring (bicyclic) bond motifs is 3. The molecule has 0 radical (unpaired) electrons. The Morgan fingerprint density at radius 3 is 2.03 bits per heavy atom. The summed E-state index contributed by atoms with van der Waals surface area (Å²) in [6.07, 6.45) is 1.42. The molecule has 5 heteroatoms. The smallest absolute Gasteiger partial charge is 0.407 e. The third-order valence-corrected chi connectivity index (χ3v) is 6.40. The van der Waals surface area contributed by atoms with Crippen molar-refractivity contribution < 1.29 is 19.4 Å². The lowest BCUT2D eigenvalue weighted by Gasteiger charge is -2.21. The molecule has 2 aliphatic rings.